The molecule has 0 radical (unpaired) electrons. The fourth-order valence-electron chi connectivity index (χ4n) is 2.00. The summed E-state index contributed by atoms with van der Waals surface area (Å²) in [6.45, 7) is 2.92. The van der Waals surface area contributed by atoms with Gasteiger partial charge in [0.15, 0.2) is 0 Å². The molecule has 2 N–H and O–H groups in total. The highest BCUT2D eigenvalue weighted by molar-refractivity contribution is 5.76. The maximum absolute atomic E-state index is 11.7. The van der Waals surface area contributed by atoms with Gasteiger partial charge in [-0.25, -0.2) is 0 Å². The van der Waals surface area contributed by atoms with E-state index in [1.165, 1.54) is 0 Å². The van der Waals surface area contributed by atoms with Crippen molar-refractivity contribution in [3.05, 3.63) is 42.0 Å². The van der Waals surface area contributed by atoms with Gasteiger partial charge in [0.05, 0.1) is 11.9 Å². The average Bonchev–Trinajstić information content (AvgIpc) is 3.16. The highest BCUT2D eigenvalue weighted by Gasteiger charge is 2.23. The molecule has 1 amide bonds. The molecule has 1 aliphatic rings. The van der Waals surface area contributed by atoms with E-state index in [-0.39, 0.29) is 12.5 Å². The molecule has 6 heteroatoms. The Balaban J connectivity index is 1.49. The molecule has 3 rings (SSSR count). The zero-order valence-electron chi connectivity index (χ0n) is 12.0. The average molecular weight is 285 g/mol. The number of amides is 1. The lowest BCUT2D eigenvalue weighted by atomic mass is 10.2. The lowest BCUT2D eigenvalue weighted by Gasteiger charge is -2.04. The van der Waals surface area contributed by atoms with E-state index in [1.807, 2.05) is 31.5 Å². The molecule has 0 spiro atoms. The van der Waals surface area contributed by atoms with E-state index in [0.717, 1.165) is 29.8 Å². The van der Waals surface area contributed by atoms with Crippen LogP contribution in [0.5, 0.6) is 0 Å². The first-order valence-electron chi connectivity index (χ1n) is 7.16. The first kappa shape index (κ1) is 13.6. The summed E-state index contributed by atoms with van der Waals surface area (Å²) in [5, 5.41) is 10.4. The van der Waals surface area contributed by atoms with Crippen molar-refractivity contribution in [3.8, 4) is 0 Å². The Kier molecular flexibility index (Phi) is 3.85. The van der Waals surface area contributed by atoms with Gasteiger partial charge in [-0.1, -0.05) is 6.07 Å². The number of carbonyl (C=O) groups is 1. The number of hydrogen-bond acceptors (Lipinski definition) is 4. The zero-order valence-corrected chi connectivity index (χ0v) is 12.0. The van der Waals surface area contributed by atoms with Crippen molar-refractivity contribution in [2.24, 2.45) is 0 Å². The molecule has 0 atom stereocenters. The topological polar surface area (TPSA) is 71.8 Å². The van der Waals surface area contributed by atoms with Crippen molar-refractivity contribution in [1.29, 1.82) is 0 Å². The largest absolute Gasteiger partial charge is 0.378 e. The van der Waals surface area contributed by atoms with Gasteiger partial charge in [0.2, 0.25) is 5.91 Å². The molecule has 2 aromatic rings. The lowest BCUT2D eigenvalue weighted by Crippen LogP contribution is -2.29. The Morgan fingerprint density at radius 3 is 2.95 bits per heavy atom. The molecule has 1 saturated carbocycles. The fourth-order valence-corrected chi connectivity index (χ4v) is 2.00. The first-order chi connectivity index (χ1) is 10.2. The number of nitrogens with one attached hydrogen (secondary N) is 2. The normalized spacial score (nSPS) is 14.0. The smallest absolute Gasteiger partial charge is 0.241 e. The highest BCUT2D eigenvalue weighted by Crippen LogP contribution is 2.18. The molecular formula is C15H19N5O. The molecule has 0 aromatic carbocycles. The lowest BCUT2D eigenvalue weighted by molar-refractivity contribution is -0.122. The molecular weight excluding hydrogens is 266 g/mol. The fraction of sp³-hybridized carbons (Fsp3) is 0.400. The van der Waals surface area contributed by atoms with E-state index in [1.54, 1.807) is 10.9 Å². The summed E-state index contributed by atoms with van der Waals surface area (Å²) in [4.78, 5) is 15.9. The molecule has 0 aliphatic heterocycles. The Bertz CT molecular complexity index is 615. The van der Waals surface area contributed by atoms with Gasteiger partial charge >= 0.3 is 0 Å². The Morgan fingerprint density at radius 1 is 1.38 bits per heavy atom. The molecule has 2 aromatic heterocycles. The summed E-state index contributed by atoms with van der Waals surface area (Å²) >= 11 is 0. The van der Waals surface area contributed by atoms with Crippen LogP contribution in [-0.2, 0) is 17.9 Å². The Morgan fingerprint density at radius 2 is 2.24 bits per heavy atom. The number of nitrogens with zero attached hydrogens (tertiary/aromatic N) is 3. The number of rotatable bonds is 6. The molecule has 0 saturated heterocycles. The second kappa shape index (κ2) is 5.95. The van der Waals surface area contributed by atoms with Crippen LogP contribution in [0.25, 0.3) is 0 Å². The molecule has 21 heavy (non-hydrogen) atoms. The third-order valence-electron chi connectivity index (χ3n) is 3.35. The van der Waals surface area contributed by atoms with Crippen molar-refractivity contribution < 1.29 is 4.79 Å². The van der Waals surface area contributed by atoms with E-state index in [9.17, 15) is 4.79 Å². The van der Waals surface area contributed by atoms with Gasteiger partial charge in [0, 0.05) is 30.7 Å². The molecule has 6 nitrogen and oxygen atoms in total. The van der Waals surface area contributed by atoms with Gasteiger partial charge in [-0.15, -0.1) is 0 Å². The molecule has 0 unspecified atom stereocenters. The van der Waals surface area contributed by atoms with Crippen molar-refractivity contribution in [1.82, 2.24) is 20.1 Å². The van der Waals surface area contributed by atoms with Crippen LogP contribution in [0.4, 0.5) is 5.69 Å². The number of pyridine rings is 1. The van der Waals surface area contributed by atoms with Crippen molar-refractivity contribution in [2.45, 2.75) is 38.9 Å². The molecule has 0 bridgehead atoms. The van der Waals surface area contributed by atoms with Gasteiger partial charge in [-0.05, 0) is 31.4 Å². The summed E-state index contributed by atoms with van der Waals surface area (Å²) < 4.78 is 1.65. The maximum atomic E-state index is 11.7. The van der Waals surface area contributed by atoms with Gasteiger partial charge < -0.3 is 10.6 Å². The van der Waals surface area contributed by atoms with Crippen LogP contribution in [0.15, 0.2) is 30.7 Å². The van der Waals surface area contributed by atoms with Crippen LogP contribution >= 0.6 is 0 Å². The van der Waals surface area contributed by atoms with E-state index < -0.39 is 0 Å². The minimum atomic E-state index is 0.0230. The standard InChI is InChI=1S/C15H19N5O/c1-11-2-3-12(6-16-11)7-17-14-8-18-20(9-14)10-15(21)19-13-4-5-13/h2-3,6,8-9,13,17H,4-5,7,10H2,1H3,(H,19,21). The second-order valence-electron chi connectivity index (χ2n) is 5.43. The first-order valence-corrected chi connectivity index (χ1v) is 7.16. The van der Waals surface area contributed by atoms with Crippen LogP contribution in [0, 0.1) is 6.92 Å². The van der Waals surface area contributed by atoms with Gasteiger partial charge in [0.1, 0.15) is 6.54 Å². The maximum Gasteiger partial charge on any atom is 0.241 e. The number of hydrogen-bond donors (Lipinski definition) is 2. The highest BCUT2D eigenvalue weighted by atomic mass is 16.2. The van der Waals surface area contributed by atoms with Crippen molar-refractivity contribution >= 4 is 11.6 Å². The monoisotopic (exact) mass is 285 g/mol. The number of anilines is 1. The summed E-state index contributed by atoms with van der Waals surface area (Å²) in [6, 6.07) is 4.42. The second-order valence-corrected chi connectivity index (χ2v) is 5.43. The minimum absolute atomic E-state index is 0.0230. The minimum Gasteiger partial charge on any atom is -0.378 e. The summed E-state index contributed by atoms with van der Waals surface area (Å²) in [7, 11) is 0. The van der Waals surface area contributed by atoms with Crippen LogP contribution in [0.2, 0.25) is 0 Å². The van der Waals surface area contributed by atoms with Gasteiger partial charge in [-0.2, -0.15) is 5.10 Å². The van der Waals surface area contributed by atoms with Crippen LogP contribution in [-0.4, -0.2) is 26.7 Å². The van der Waals surface area contributed by atoms with Gasteiger partial charge in [0.25, 0.3) is 0 Å². The molecule has 110 valence electrons. The van der Waals surface area contributed by atoms with Crippen LogP contribution in [0.1, 0.15) is 24.1 Å². The van der Waals surface area contributed by atoms with E-state index in [2.05, 4.69) is 20.7 Å². The van der Waals surface area contributed by atoms with E-state index in [0.29, 0.717) is 12.6 Å². The third-order valence-corrected chi connectivity index (χ3v) is 3.35. The summed E-state index contributed by atoms with van der Waals surface area (Å²) in [6.07, 6.45) is 7.63. The van der Waals surface area contributed by atoms with Crippen LogP contribution in [0.3, 0.4) is 0 Å². The molecule has 1 fully saturated rings. The number of aryl methyl sites for hydroxylation is 1. The SMILES string of the molecule is Cc1ccc(CNc2cnn(CC(=O)NC3CC3)c2)cn1. The van der Waals surface area contributed by atoms with Gasteiger partial charge in [-0.3, -0.25) is 14.5 Å². The molecule has 1 aliphatic carbocycles. The third kappa shape index (κ3) is 4.05. The van der Waals surface area contributed by atoms with E-state index in [4.69, 9.17) is 0 Å². The number of carbonyl (C=O) groups excluding carboxylic acids is 1. The number of aromatic nitrogens is 3. The zero-order chi connectivity index (χ0) is 14.7. The summed E-state index contributed by atoms with van der Waals surface area (Å²) in [5.74, 6) is 0.0230. The predicted octanol–water partition coefficient (Wildman–Crippen LogP) is 1.48. The van der Waals surface area contributed by atoms with Crippen LogP contribution < -0.4 is 10.6 Å². The quantitative estimate of drug-likeness (QED) is 0.843. The molecule has 2 heterocycles. The Labute approximate surface area is 123 Å². The van der Waals surface area contributed by atoms with E-state index >= 15 is 0 Å². The van der Waals surface area contributed by atoms with Crippen molar-refractivity contribution in [2.75, 3.05) is 5.32 Å². The Hall–Kier alpha value is -2.37. The predicted molar refractivity (Wildman–Crippen MR) is 79.7 cm³/mol. The van der Waals surface area contributed by atoms with Crippen molar-refractivity contribution in [3.63, 3.8) is 0 Å². The summed E-state index contributed by atoms with van der Waals surface area (Å²) in [5.41, 5.74) is 3.02.